The zero-order valence-corrected chi connectivity index (χ0v) is 17.5. The van der Waals surface area contributed by atoms with Crippen LogP contribution in [0.4, 0.5) is 13.2 Å². The number of aliphatic hydroxyl groups is 2. The molecule has 0 radical (unpaired) electrons. The molecule has 32 heavy (non-hydrogen) atoms. The van der Waals surface area contributed by atoms with Crippen LogP contribution in [0.1, 0.15) is 54.1 Å². The van der Waals surface area contributed by atoms with Gasteiger partial charge in [0.05, 0.1) is 17.1 Å². The molecular weight excluding hydrogens is 423 g/mol. The standard InChI is InChI=1S/C23H24F3N3O3/c1-11-19-15(24)9-29(23(19)28-10-27-11)16-8-18(21(31)20(16)30)32-17-7-13(22(25)26)6-12-4-2-3-5-14(12)17/h6-7,9-10,16,18,20-22,30-31H,2-5,8H2,1H3. The van der Waals surface area contributed by atoms with Crippen molar-refractivity contribution in [3.05, 3.63) is 52.9 Å². The lowest BCUT2D eigenvalue weighted by Gasteiger charge is -2.25. The molecule has 2 aromatic heterocycles. The summed E-state index contributed by atoms with van der Waals surface area (Å²) in [7, 11) is 0. The SMILES string of the molecule is Cc1ncnc2c1c(F)cn2C1CC(Oc2cc(C(F)F)cc3c2CCCC3)C(O)C1O. The number of benzene rings is 1. The highest BCUT2D eigenvalue weighted by Gasteiger charge is 2.45. The van der Waals surface area contributed by atoms with Gasteiger partial charge in [-0.2, -0.15) is 0 Å². The zero-order chi connectivity index (χ0) is 22.6. The Balaban J connectivity index is 1.48. The number of rotatable bonds is 4. The summed E-state index contributed by atoms with van der Waals surface area (Å²) in [4.78, 5) is 8.17. The van der Waals surface area contributed by atoms with Crippen molar-refractivity contribution in [3.8, 4) is 5.75 Å². The van der Waals surface area contributed by atoms with E-state index in [1.807, 2.05) is 0 Å². The Kier molecular flexibility index (Phi) is 5.33. The molecule has 2 N–H and O–H groups in total. The quantitative estimate of drug-likeness (QED) is 0.636. The van der Waals surface area contributed by atoms with Crippen molar-refractivity contribution in [2.24, 2.45) is 0 Å². The molecule has 4 atom stereocenters. The first-order valence-electron chi connectivity index (χ1n) is 10.8. The second kappa shape index (κ2) is 8.04. The fourth-order valence-electron chi connectivity index (χ4n) is 5.04. The third-order valence-electron chi connectivity index (χ3n) is 6.69. The molecule has 2 heterocycles. The largest absolute Gasteiger partial charge is 0.487 e. The maximum Gasteiger partial charge on any atom is 0.263 e. The van der Waals surface area contributed by atoms with Crippen molar-refractivity contribution < 1.29 is 28.1 Å². The van der Waals surface area contributed by atoms with E-state index in [-0.39, 0.29) is 17.4 Å². The van der Waals surface area contributed by atoms with Crippen molar-refractivity contribution in [2.45, 2.75) is 69.8 Å². The Morgan fingerprint density at radius 2 is 1.91 bits per heavy atom. The van der Waals surface area contributed by atoms with Gasteiger partial charge >= 0.3 is 0 Å². The van der Waals surface area contributed by atoms with Gasteiger partial charge in [-0.15, -0.1) is 0 Å². The Hall–Kier alpha value is -2.65. The third kappa shape index (κ3) is 3.44. The van der Waals surface area contributed by atoms with Gasteiger partial charge in [0.1, 0.15) is 36.0 Å². The summed E-state index contributed by atoms with van der Waals surface area (Å²) in [5, 5.41) is 21.7. The van der Waals surface area contributed by atoms with Crippen LogP contribution in [0.25, 0.3) is 11.0 Å². The highest BCUT2D eigenvalue weighted by Crippen LogP contribution is 2.40. The van der Waals surface area contributed by atoms with Gasteiger partial charge < -0.3 is 19.5 Å². The maximum atomic E-state index is 14.6. The Bertz CT molecular complexity index is 1170. The van der Waals surface area contributed by atoms with Crippen LogP contribution in [0, 0.1) is 12.7 Å². The summed E-state index contributed by atoms with van der Waals surface area (Å²) >= 11 is 0. The van der Waals surface area contributed by atoms with Crippen LogP contribution in [-0.4, -0.2) is 43.1 Å². The Labute approximate surface area is 182 Å². The molecule has 0 spiro atoms. The van der Waals surface area contributed by atoms with Gasteiger partial charge in [0.2, 0.25) is 0 Å². The van der Waals surface area contributed by atoms with Gasteiger partial charge in [-0.25, -0.2) is 23.1 Å². The van der Waals surface area contributed by atoms with Crippen LogP contribution in [0.3, 0.4) is 0 Å². The number of aromatic nitrogens is 3. The second-order valence-corrected chi connectivity index (χ2v) is 8.65. The number of hydrogen-bond acceptors (Lipinski definition) is 5. The van der Waals surface area contributed by atoms with Crippen molar-refractivity contribution in [2.75, 3.05) is 0 Å². The molecule has 1 saturated carbocycles. The fraction of sp³-hybridized carbons (Fsp3) is 0.478. The molecule has 5 rings (SSSR count). The first-order chi connectivity index (χ1) is 15.3. The van der Waals surface area contributed by atoms with Crippen molar-refractivity contribution in [1.82, 2.24) is 14.5 Å². The number of halogens is 3. The van der Waals surface area contributed by atoms with E-state index in [4.69, 9.17) is 4.74 Å². The summed E-state index contributed by atoms with van der Waals surface area (Å²) in [6.45, 7) is 1.67. The van der Waals surface area contributed by atoms with Gasteiger partial charge in [-0.3, -0.25) is 0 Å². The van der Waals surface area contributed by atoms with E-state index in [0.717, 1.165) is 24.0 Å². The van der Waals surface area contributed by atoms with Gasteiger partial charge in [0, 0.05) is 18.2 Å². The molecule has 2 aliphatic carbocycles. The summed E-state index contributed by atoms with van der Waals surface area (Å²) in [6.07, 6.45) is 0.0511. The van der Waals surface area contributed by atoms with Crippen LogP contribution in [0.5, 0.6) is 5.75 Å². The lowest BCUT2D eigenvalue weighted by atomic mass is 9.89. The summed E-state index contributed by atoms with van der Waals surface area (Å²) < 4.78 is 49.0. The zero-order valence-electron chi connectivity index (χ0n) is 17.5. The number of nitrogens with zero attached hydrogens (tertiary/aromatic N) is 3. The molecule has 0 saturated heterocycles. The molecule has 2 aliphatic rings. The Morgan fingerprint density at radius 1 is 1.12 bits per heavy atom. The minimum absolute atomic E-state index is 0.115. The summed E-state index contributed by atoms with van der Waals surface area (Å²) in [6, 6.07) is 2.18. The average molecular weight is 447 g/mol. The van der Waals surface area contributed by atoms with Crippen LogP contribution in [-0.2, 0) is 12.8 Å². The topological polar surface area (TPSA) is 80.4 Å². The van der Waals surface area contributed by atoms with E-state index in [2.05, 4.69) is 9.97 Å². The van der Waals surface area contributed by atoms with E-state index < -0.39 is 36.6 Å². The smallest absolute Gasteiger partial charge is 0.263 e. The second-order valence-electron chi connectivity index (χ2n) is 8.65. The molecule has 0 bridgehead atoms. The number of aryl methyl sites for hydroxylation is 2. The summed E-state index contributed by atoms with van der Waals surface area (Å²) in [5.74, 6) is -0.182. The van der Waals surface area contributed by atoms with E-state index in [0.29, 0.717) is 29.9 Å². The lowest BCUT2D eigenvalue weighted by molar-refractivity contribution is -0.0167. The van der Waals surface area contributed by atoms with E-state index in [1.54, 1.807) is 6.92 Å². The highest BCUT2D eigenvalue weighted by atomic mass is 19.3. The fourth-order valence-corrected chi connectivity index (χ4v) is 5.04. The number of ether oxygens (including phenoxy) is 1. The molecule has 0 amide bonds. The van der Waals surface area contributed by atoms with Gasteiger partial charge in [0.25, 0.3) is 6.43 Å². The minimum atomic E-state index is -2.63. The molecule has 1 fully saturated rings. The molecule has 6 nitrogen and oxygen atoms in total. The lowest BCUT2D eigenvalue weighted by Crippen LogP contribution is -2.34. The Morgan fingerprint density at radius 3 is 2.69 bits per heavy atom. The predicted molar refractivity (Wildman–Crippen MR) is 110 cm³/mol. The van der Waals surface area contributed by atoms with Crippen LogP contribution < -0.4 is 4.74 Å². The predicted octanol–water partition coefficient (Wildman–Crippen LogP) is 3.81. The van der Waals surface area contributed by atoms with E-state index in [9.17, 15) is 23.4 Å². The number of aliphatic hydroxyl groups excluding tert-OH is 2. The normalized spacial score (nSPS) is 25.5. The van der Waals surface area contributed by atoms with Crippen LogP contribution in [0.15, 0.2) is 24.7 Å². The highest BCUT2D eigenvalue weighted by molar-refractivity contribution is 5.79. The van der Waals surface area contributed by atoms with Crippen LogP contribution in [0.2, 0.25) is 0 Å². The average Bonchev–Trinajstić information content (AvgIpc) is 3.25. The monoisotopic (exact) mass is 447 g/mol. The van der Waals surface area contributed by atoms with E-state index >= 15 is 0 Å². The molecular formula is C23H24F3N3O3. The first kappa shape index (κ1) is 21.2. The molecule has 9 heteroatoms. The molecule has 3 aromatic rings. The minimum Gasteiger partial charge on any atom is -0.487 e. The van der Waals surface area contributed by atoms with Gasteiger partial charge in [0.15, 0.2) is 5.82 Å². The molecule has 170 valence electrons. The number of alkyl halides is 2. The molecule has 1 aromatic carbocycles. The van der Waals surface area contributed by atoms with Crippen molar-refractivity contribution >= 4 is 11.0 Å². The van der Waals surface area contributed by atoms with E-state index in [1.165, 1.54) is 29.2 Å². The van der Waals surface area contributed by atoms with Crippen molar-refractivity contribution in [1.29, 1.82) is 0 Å². The van der Waals surface area contributed by atoms with Gasteiger partial charge in [-0.05, 0) is 55.9 Å². The van der Waals surface area contributed by atoms with Gasteiger partial charge in [-0.1, -0.05) is 0 Å². The third-order valence-corrected chi connectivity index (χ3v) is 6.69. The first-order valence-corrected chi connectivity index (χ1v) is 10.8. The maximum absolute atomic E-state index is 14.6. The number of fused-ring (bicyclic) bond motifs is 2. The molecule has 0 aliphatic heterocycles. The molecule has 4 unspecified atom stereocenters. The summed E-state index contributed by atoms with van der Waals surface area (Å²) in [5.41, 5.74) is 2.41. The van der Waals surface area contributed by atoms with Crippen molar-refractivity contribution in [3.63, 3.8) is 0 Å². The number of hydrogen-bond donors (Lipinski definition) is 2. The van der Waals surface area contributed by atoms with Crippen LogP contribution >= 0.6 is 0 Å².